The molecule has 0 fully saturated rings. The molecule has 1 unspecified atom stereocenters. The minimum Gasteiger partial charge on any atom is -0.481 e. The van der Waals surface area contributed by atoms with Gasteiger partial charge in [0, 0.05) is 18.8 Å². The molecule has 6 nitrogen and oxygen atoms in total. The van der Waals surface area contributed by atoms with Crippen molar-refractivity contribution >= 4 is 17.7 Å². The van der Waals surface area contributed by atoms with Gasteiger partial charge in [0.05, 0.1) is 5.92 Å². The minimum absolute atomic E-state index is 0.278. The fraction of sp³-hybridized carbons (Fsp3) is 0.467. The lowest BCUT2D eigenvalue weighted by atomic mass is 10.1. The Balaban J connectivity index is 2.30. The summed E-state index contributed by atoms with van der Waals surface area (Å²) in [6.07, 6.45) is 1.19. The minimum atomic E-state index is -0.805. The number of rotatable bonds is 8. The Morgan fingerprint density at radius 1 is 1.33 bits per heavy atom. The quantitative estimate of drug-likeness (QED) is 0.552. The van der Waals surface area contributed by atoms with E-state index in [2.05, 4.69) is 16.0 Å². The van der Waals surface area contributed by atoms with Crippen molar-refractivity contribution in [3.63, 3.8) is 0 Å². The van der Waals surface area contributed by atoms with Gasteiger partial charge in [0.25, 0.3) is 0 Å². The zero-order chi connectivity index (χ0) is 15.7. The number of carboxylic acid groups (broad SMARTS) is 1. The first-order valence-electron chi connectivity index (χ1n) is 7.04. The van der Waals surface area contributed by atoms with Gasteiger partial charge in [-0.3, -0.25) is 4.79 Å². The number of benzene rings is 1. The number of urea groups is 1. The molecule has 0 aliphatic carbocycles. The fourth-order valence-corrected chi connectivity index (χ4v) is 1.87. The summed E-state index contributed by atoms with van der Waals surface area (Å²) in [5.74, 6) is -1.19. The highest BCUT2D eigenvalue weighted by molar-refractivity contribution is 5.89. The lowest BCUT2D eigenvalue weighted by Crippen LogP contribution is -2.30. The van der Waals surface area contributed by atoms with Crippen molar-refractivity contribution in [2.45, 2.75) is 26.3 Å². The van der Waals surface area contributed by atoms with Crippen LogP contribution in [-0.2, 0) is 11.3 Å². The molecule has 1 atom stereocenters. The van der Waals surface area contributed by atoms with Gasteiger partial charge in [0.2, 0.25) is 0 Å². The number of aliphatic carboxylic acids is 1. The Kier molecular flexibility index (Phi) is 7.25. The third-order valence-electron chi connectivity index (χ3n) is 3.09. The van der Waals surface area contributed by atoms with E-state index in [0.717, 1.165) is 17.8 Å². The summed E-state index contributed by atoms with van der Waals surface area (Å²) in [6.45, 7) is 2.86. The third kappa shape index (κ3) is 6.76. The number of anilines is 1. The lowest BCUT2D eigenvalue weighted by molar-refractivity contribution is -0.141. The van der Waals surface area contributed by atoms with E-state index in [0.29, 0.717) is 19.4 Å². The van der Waals surface area contributed by atoms with Crippen molar-refractivity contribution in [1.29, 1.82) is 0 Å². The first-order chi connectivity index (χ1) is 10.0. The lowest BCUT2D eigenvalue weighted by Gasteiger charge is -2.10. The third-order valence-corrected chi connectivity index (χ3v) is 3.09. The van der Waals surface area contributed by atoms with Crippen LogP contribution in [0.4, 0.5) is 10.5 Å². The van der Waals surface area contributed by atoms with E-state index >= 15 is 0 Å². The van der Waals surface area contributed by atoms with Crippen LogP contribution in [0, 0.1) is 5.92 Å². The van der Waals surface area contributed by atoms with Gasteiger partial charge < -0.3 is 21.1 Å². The summed E-state index contributed by atoms with van der Waals surface area (Å²) in [5.41, 5.74) is 1.82. The molecular formula is C15H23N3O3. The maximum Gasteiger partial charge on any atom is 0.319 e. The van der Waals surface area contributed by atoms with E-state index in [9.17, 15) is 9.59 Å². The van der Waals surface area contributed by atoms with Gasteiger partial charge in [-0.05, 0) is 37.6 Å². The molecule has 116 valence electrons. The molecule has 1 aromatic rings. The van der Waals surface area contributed by atoms with E-state index in [4.69, 9.17) is 5.11 Å². The van der Waals surface area contributed by atoms with Gasteiger partial charge in [-0.2, -0.15) is 0 Å². The molecule has 6 heteroatoms. The average Bonchev–Trinajstić information content (AvgIpc) is 2.44. The zero-order valence-corrected chi connectivity index (χ0v) is 12.5. The molecule has 0 radical (unpaired) electrons. The van der Waals surface area contributed by atoms with E-state index in [1.807, 2.05) is 31.3 Å². The van der Waals surface area contributed by atoms with Crippen molar-refractivity contribution in [3.8, 4) is 0 Å². The molecule has 0 saturated heterocycles. The number of carbonyl (C=O) groups excluding carboxylic acids is 1. The van der Waals surface area contributed by atoms with Crippen molar-refractivity contribution in [3.05, 3.63) is 29.8 Å². The monoisotopic (exact) mass is 293 g/mol. The van der Waals surface area contributed by atoms with Crippen molar-refractivity contribution in [1.82, 2.24) is 10.6 Å². The van der Waals surface area contributed by atoms with Crippen molar-refractivity contribution < 1.29 is 14.7 Å². The number of nitrogens with one attached hydrogen (secondary N) is 3. The summed E-state index contributed by atoms with van der Waals surface area (Å²) in [5, 5.41) is 17.3. The van der Waals surface area contributed by atoms with Crippen LogP contribution >= 0.6 is 0 Å². The highest BCUT2D eigenvalue weighted by Crippen LogP contribution is 2.10. The molecule has 21 heavy (non-hydrogen) atoms. The Bertz CT molecular complexity index is 477. The van der Waals surface area contributed by atoms with Crippen LogP contribution in [0.15, 0.2) is 24.3 Å². The number of carbonyl (C=O) groups is 2. The van der Waals surface area contributed by atoms with Gasteiger partial charge in [-0.25, -0.2) is 4.79 Å². The van der Waals surface area contributed by atoms with E-state index in [1.165, 1.54) is 0 Å². The van der Waals surface area contributed by atoms with Gasteiger partial charge in [0.1, 0.15) is 0 Å². The number of carboxylic acids is 1. The summed E-state index contributed by atoms with van der Waals surface area (Å²) in [7, 11) is 1.87. The predicted octanol–water partition coefficient (Wildman–Crippen LogP) is 2.03. The second-order valence-electron chi connectivity index (χ2n) is 4.99. The maximum atomic E-state index is 11.7. The molecule has 4 N–H and O–H groups in total. The Morgan fingerprint density at radius 2 is 2.10 bits per heavy atom. The molecule has 2 amide bonds. The molecule has 0 aliphatic rings. The molecular weight excluding hydrogens is 270 g/mol. The van der Waals surface area contributed by atoms with Crippen LogP contribution in [0.25, 0.3) is 0 Å². The standard InChI is InChI=1S/C15H23N3O3/c1-11(14(19)20)5-4-8-17-15(21)18-13-7-3-6-12(9-13)10-16-2/h3,6-7,9,11,16H,4-5,8,10H2,1-2H3,(H,19,20)(H2,17,18,21). The predicted molar refractivity (Wildman–Crippen MR) is 82.3 cm³/mol. The SMILES string of the molecule is CNCc1cccc(NC(=O)NCCCC(C)C(=O)O)c1. The second kappa shape index (κ2) is 8.97. The summed E-state index contributed by atoms with van der Waals surface area (Å²) in [6, 6.07) is 7.32. The normalized spacial score (nSPS) is 11.7. The van der Waals surface area contributed by atoms with Crippen LogP contribution in [0.5, 0.6) is 0 Å². The average molecular weight is 293 g/mol. The number of hydrogen-bond donors (Lipinski definition) is 4. The van der Waals surface area contributed by atoms with E-state index < -0.39 is 5.97 Å². The summed E-state index contributed by atoms with van der Waals surface area (Å²) < 4.78 is 0. The first kappa shape index (κ1) is 17.0. The molecule has 0 saturated carbocycles. The molecule has 1 aromatic carbocycles. The summed E-state index contributed by atoms with van der Waals surface area (Å²) in [4.78, 5) is 22.4. The van der Waals surface area contributed by atoms with Crippen LogP contribution in [0.1, 0.15) is 25.3 Å². The Labute approximate surface area is 124 Å². The molecule has 1 rings (SSSR count). The zero-order valence-electron chi connectivity index (χ0n) is 12.5. The Morgan fingerprint density at radius 3 is 2.76 bits per heavy atom. The summed E-state index contributed by atoms with van der Waals surface area (Å²) >= 11 is 0. The van der Waals surface area contributed by atoms with Crippen molar-refractivity contribution in [2.24, 2.45) is 5.92 Å². The largest absolute Gasteiger partial charge is 0.481 e. The van der Waals surface area contributed by atoms with Crippen LogP contribution in [-0.4, -0.2) is 30.7 Å². The van der Waals surface area contributed by atoms with E-state index in [-0.39, 0.29) is 11.9 Å². The van der Waals surface area contributed by atoms with E-state index in [1.54, 1.807) is 6.92 Å². The molecule has 0 aromatic heterocycles. The van der Waals surface area contributed by atoms with Crippen LogP contribution < -0.4 is 16.0 Å². The van der Waals surface area contributed by atoms with Gasteiger partial charge >= 0.3 is 12.0 Å². The molecule has 0 spiro atoms. The fourth-order valence-electron chi connectivity index (χ4n) is 1.87. The second-order valence-corrected chi connectivity index (χ2v) is 4.99. The first-order valence-corrected chi connectivity index (χ1v) is 7.04. The maximum absolute atomic E-state index is 11.7. The van der Waals surface area contributed by atoms with Crippen LogP contribution in [0.2, 0.25) is 0 Å². The van der Waals surface area contributed by atoms with Gasteiger partial charge in [-0.15, -0.1) is 0 Å². The topological polar surface area (TPSA) is 90.5 Å². The van der Waals surface area contributed by atoms with Gasteiger partial charge in [0.15, 0.2) is 0 Å². The highest BCUT2D eigenvalue weighted by atomic mass is 16.4. The van der Waals surface area contributed by atoms with Gasteiger partial charge in [-0.1, -0.05) is 19.1 Å². The number of hydrogen-bond acceptors (Lipinski definition) is 3. The van der Waals surface area contributed by atoms with Crippen LogP contribution in [0.3, 0.4) is 0 Å². The molecule has 0 aliphatic heterocycles. The molecule has 0 bridgehead atoms. The highest BCUT2D eigenvalue weighted by Gasteiger charge is 2.10. The Hall–Kier alpha value is -2.08. The van der Waals surface area contributed by atoms with Crippen molar-refractivity contribution in [2.75, 3.05) is 18.9 Å². The number of amides is 2. The smallest absolute Gasteiger partial charge is 0.319 e. The molecule has 0 heterocycles.